The molecule has 0 saturated carbocycles. The summed E-state index contributed by atoms with van der Waals surface area (Å²) in [6.07, 6.45) is 1.05. The van der Waals surface area contributed by atoms with Crippen LogP contribution in [0.5, 0.6) is 0 Å². The molecule has 7 nitrogen and oxygen atoms in total. The van der Waals surface area contributed by atoms with Crippen molar-refractivity contribution in [1.82, 2.24) is 9.21 Å². The highest BCUT2D eigenvalue weighted by Gasteiger charge is 2.32. The average molecular weight is 471 g/mol. The Balaban J connectivity index is 1.33. The first-order chi connectivity index (χ1) is 15.9. The van der Waals surface area contributed by atoms with Crippen LogP contribution < -0.4 is 10.2 Å². The van der Waals surface area contributed by atoms with Gasteiger partial charge < -0.3 is 15.1 Å². The molecule has 0 radical (unpaired) electrons. The van der Waals surface area contributed by atoms with Crippen LogP contribution in [-0.4, -0.2) is 69.3 Å². The molecule has 0 aliphatic carbocycles. The van der Waals surface area contributed by atoms with Gasteiger partial charge in [0.15, 0.2) is 0 Å². The highest BCUT2D eigenvalue weighted by molar-refractivity contribution is 7.89. The summed E-state index contributed by atoms with van der Waals surface area (Å²) in [7, 11) is -3.50. The minimum absolute atomic E-state index is 0.0285. The van der Waals surface area contributed by atoms with Gasteiger partial charge in [0.2, 0.25) is 15.9 Å². The molecule has 2 saturated heterocycles. The predicted octanol–water partition coefficient (Wildman–Crippen LogP) is 3.18. The van der Waals surface area contributed by atoms with E-state index in [4.69, 9.17) is 0 Å². The Kier molecular flexibility index (Phi) is 7.36. The molecule has 0 spiro atoms. The van der Waals surface area contributed by atoms with Crippen molar-refractivity contribution in [3.63, 3.8) is 0 Å². The molecule has 4 rings (SSSR count). The quantitative estimate of drug-likeness (QED) is 0.702. The van der Waals surface area contributed by atoms with Crippen LogP contribution in [0.15, 0.2) is 53.4 Å². The van der Waals surface area contributed by atoms with Crippen molar-refractivity contribution in [1.29, 1.82) is 0 Å². The van der Waals surface area contributed by atoms with E-state index in [1.807, 2.05) is 13.0 Å². The molecule has 1 amide bonds. The van der Waals surface area contributed by atoms with E-state index in [0.29, 0.717) is 30.8 Å². The van der Waals surface area contributed by atoms with E-state index in [0.717, 1.165) is 44.0 Å². The number of piperidine rings is 1. The molecule has 0 atom stereocenters. The molecule has 1 N–H and O–H groups in total. The van der Waals surface area contributed by atoms with Crippen LogP contribution in [0.1, 0.15) is 25.3 Å². The molecule has 2 heterocycles. The second-order valence-corrected chi connectivity index (χ2v) is 10.8. The van der Waals surface area contributed by atoms with Crippen molar-refractivity contribution >= 4 is 27.3 Å². The number of nitrogens with one attached hydrogen (secondary N) is 1. The van der Waals surface area contributed by atoms with Crippen molar-refractivity contribution in [2.24, 2.45) is 5.92 Å². The Labute approximate surface area is 197 Å². The molecule has 33 heavy (non-hydrogen) atoms. The minimum atomic E-state index is -3.50. The summed E-state index contributed by atoms with van der Waals surface area (Å²) in [4.78, 5) is 18.1. The maximum atomic E-state index is 12.9. The first-order valence-electron chi connectivity index (χ1n) is 11.8. The summed E-state index contributed by atoms with van der Waals surface area (Å²) in [5.41, 5.74) is 3.07. The van der Waals surface area contributed by atoms with Crippen LogP contribution in [-0.2, 0) is 14.8 Å². The lowest BCUT2D eigenvalue weighted by Gasteiger charge is -2.35. The number of carbonyl (C=O) groups excluding carboxylic acids is 1. The maximum Gasteiger partial charge on any atom is 0.243 e. The lowest BCUT2D eigenvalue weighted by molar-refractivity contribution is -0.120. The Morgan fingerprint density at radius 2 is 1.64 bits per heavy atom. The van der Waals surface area contributed by atoms with Gasteiger partial charge in [0.05, 0.1) is 4.90 Å². The van der Waals surface area contributed by atoms with E-state index in [9.17, 15) is 13.2 Å². The van der Waals surface area contributed by atoms with Crippen LogP contribution in [0.2, 0.25) is 0 Å². The van der Waals surface area contributed by atoms with E-state index < -0.39 is 10.0 Å². The second-order valence-electron chi connectivity index (χ2n) is 8.90. The van der Waals surface area contributed by atoms with Crippen molar-refractivity contribution < 1.29 is 13.2 Å². The SMILES string of the molecule is CCN1CCN(c2ccc(NC(=O)C3CCN(S(=O)(=O)c4ccccc4)CC3)c(C)c2)CC1. The minimum Gasteiger partial charge on any atom is -0.369 e. The molecular weight excluding hydrogens is 436 g/mol. The Morgan fingerprint density at radius 3 is 2.24 bits per heavy atom. The lowest BCUT2D eigenvalue weighted by atomic mass is 9.97. The first-order valence-corrected chi connectivity index (χ1v) is 13.3. The molecule has 0 bridgehead atoms. The van der Waals surface area contributed by atoms with E-state index in [1.165, 1.54) is 9.99 Å². The fraction of sp³-hybridized carbons (Fsp3) is 0.480. The molecule has 2 aliphatic rings. The van der Waals surface area contributed by atoms with E-state index in [2.05, 4.69) is 34.2 Å². The average Bonchev–Trinajstić information content (AvgIpc) is 2.86. The number of hydrogen-bond acceptors (Lipinski definition) is 5. The normalized spacial score (nSPS) is 18.9. The van der Waals surface area contributed by atoms with Crippen LogP contribution in [0, 0.1) is 12.8 Å². The van der Waals surface area contributed by atoms with Crippen molar-refractivity contribution in [3.8, 4) is 0 Å². The van der Waals surface area contributed by atoms with Gasteiger partial charge in [-0.3, -0.25) is 4.79 Å². The van der Waals surface area contributed by atoms with Crippen LogP contribution in [0.3, 0.4) is 0 Å². The zero-order chi connectivity index (χ0) is 23.4. The Bertz CT molecular complexity index is 1060. The molecule has 2 aliphatic heterocycles. The van der Waals surface area contributed by atoms with Crippen LogP contribution in [0.25, 0.3) is 0 Å². The summed E-state index contributed by atoms with van der Waals surface area (Å²) in [5, 5.41) is 3.08. The number of sulfonamides is 1. The molecular formula is C25H34N4O3S. The third-order valence-corrected chi connectivity index (χ3v) is 8.77. The second kappa shape index (κ2) is 10.2. The number of hydrogen-bond donors (Lipinski definition) is 1. The summed E-state index contributed by atoms with van der Waals surface area (Å²) in [5.74, 6) is -0.215. The van der Waals surface area contributed by atoms with Gasteiger partial charge in [-0.15, -0.1) is 0 Å². The Hall–Kier alpha value is -2.42. The highest BCUT2D eigenvalue weighted by Crippen LogP contribution is 2.27. The summed E-state index contributed by atoms with van der Waals surface area (Å²) in [6, 6.07) is 14.7. The van der Waals surface area contributed by atoms with Crippen molar-refractivity contribution in [2.75, 3.05) is 56.0 Å². The third kappa shape index (κ3) is 5.39. The number of aryl methyl sites for hydroxylation is 1. The summed E-state index contributed by atoms with van der Waals surface area (Å²) >= 11 is 0. The number of benzene rings is 2. The summed E-state index contributed by atoms with van der Waals surface area (Å²) in [6.45, 7) is 10.2. The fourth-order valence-corrected chi connectivity index (χ4v) is 6.13. The molecule has 0 unspecified atom stereocenters. The van der Waals surface area contributed by atoms with Crippen molar-refractivity contribution in [2.45, 2.75) is 31.6 Å². The molecule has 2 aromatic carbocycles. The third-order valence-electron chi connectivity index (χ3n) is 6.86. The van der Waals surface area contributed by atoms with Crippen molar-refractivity contribution in [3.05, 3.63) is 54.1 Å². The standard InChI is InChI=1S/C25H34N4O3S/c1-3-27-15-17-28(18-16-27)22-9-10-24(20(2)19-22)26-25(30)21-11-13-29(14-12-21)33(31,32)23-7-5-4-6-8-23/h4-10,19,21H,3,11-18H2,1-2H3,(H,26,30). The van der Waals surface area contributed by atoms with Gasteiger partial charge in [0, 0.05) is 56.6 Å². The van der Waals surface area contributed by atoms with Gasteiger partial charge in [-0.2, -0.15) is 4.31 Å². The number of amides is 1. The van der Waals surface area contributed by atoms with Gasteiger partial charge in [-0.05, 0) is 62.2 Å². The van der Waals surface area contributed by atoms with Crippen LogP contribution >= 0.6 is 0 Å². The zero-order valence-electron chi connectivity index (χ0n) is 19.5. The highest BCUT2D eigenvalue weighted by atomic mass is 32.2. The monoisotopic (exact) mass is 470 g/mol. The lowest BCUT2D eigenvalue weighted by Crippen LogP contribution is -2.46. The molecule has 8 heteroatoms. The van der Waals surface area contributed by atoms with Gasteiger partial charge in [-0.25, -0.2) is 8.42 Å². The van der Waals surface area contributed by atoms with Crippen LogP contribution in [0.4, 0.5) is 11.4 Å². The number of carbonyl (C=O) groups is 1. The van der Waals surface area contributed by atoms with Gasteiger partial charge in [-0.1, -0.05) is 25.1 Å². The Morgan fingerprint density at radius 1 is 0.970 bits per heavy atom. The molecule has 2 aromatic rings. The topological polar surface area (TPSA) is 73.0 Å². The number of nitrogens with zero attached hydrogens (tertiary/aromatic N) is 3. The van der Waals surface area contributed by atoms with Gasteiger partial charge >= 0.3 is 0 Å². The van der Waals surface area contributed by atoms with Gasteiger partial charge in [0.1, 0.15) is 0 Å². The molecule has 0 aromatic heterocycles. The number of rotatable bonds is 6. The van der Waals surface area contributed by atoms with E-state index >= 15 is 0 Å². The van der Waals surface area contributed by atoms with E-state index in [-0.39, 0.29) is 11.8 Å². The van der Waals surface area contributed by atoms with Gasteiger partial charge in [0.25, 0.3) is 0 Å². The number of piperazine rings is 1. The van der Waals surface area contributed by atoms with E-state index in [1.54, 1.807) is 30.3 Å². The first kappa shape index (κ1) is 23.7. The maximum absolute atomic E-state index is 12.9. The predicted molar refractivity (Wildman–Crippen MR) is 132 cm³/mol. The molecule has 2 fully saturated rings. The molecule has 178 valence electrons. The largest absolute Gasteiger partial charge is 0.369 e. The number of anilines is 2. The number of likely N-dealkylation sites (N-methyl/N-ethyl adjacent to an activating group) is 1. The fourth-order valence-electron chi connectivity index (χ4n) is 4.64. The smallest absolute Gasteiger partial charge is 0.243 e. The zero-order valence-corrected chi connectivity index (χ0v) is 20.4. The summed E-state index contributed by atoms with van der Waals surface area (Å²) < 4.78 is 27.1.